The monoisotopic (exact) mass is 407 g/mol. The average Bonchev–Trinajstić information content (AvgIpc) is 2.64. The number of hydrogen-bond acceptors (Lipinski definition) is 4. The van der Waals surface area contributed by atoms with Crippen molar-refractivity contribution in [3.05, 3.63) is 65.5 Å². The molecule has 0 N–H and O–H groups in total. The van der Waals surface area contributed by atoms with Crippen LogP contribution in [0.25, 0.3) is 0 Å². The van der Waals surface area contributed by atoms with Gasteiger partial charge >= 0.3 is 10.1 Å². The molecule has 2 aromatic rings. The van der Waals surface area contributed by atoms with Crippen molar-refractivity contribution in [3.63, 3.8) is 0 Å². The summed E-state index contributed by atoms with van der Waals surface area (Å²) in [6.07, 6.45) is 0.721. The van der Waals surface area contributed by atoms with Gasteiger partial charge in [0.2, 0.25) is 0 Å². The van der Waals surface area contributed by atoms with Gasteiger partial charge in [0.1, 0.15) is 11.6 Å². The van der Waals surface area contributed by atoms with Crippen LogP contribution in [0.15, 0.2) is 48.5 Å². The number of carbonyl (C=O) groups is 1. The molecule has 7 heteroatoms. The van der Waals surface area contributed by atoms with Crippen molar-refractivity contribution in [2.24, 2.45) is 0 Å². The predicted octanol–water partition coefficient (Wildman–Crippen LogP) is 4.38. The van der Waals surface area contributed by atoms with Crippen molar-refractivity contribution in [2.45, 2.75) is 52.0 Å². The van der Waals surface area contributed by atoms with E-state index in [4.69, 9.17) is 4.18 Å². The van der Waals surface area contributed by atoms with Gasteiger partial charge in [0, 0.05) is 18.2 Å². The third-order valence-corrected chi connectivity index (χ3v) is 6.08. The van der Waals surface area contributed by atoms with Crippen LogP contribution in [-0.2, 0) is 16.7 Å². The minimum atomic E-state index is -3.70. The lowest BCUT2D eigenvalue weighted by molar-refractivity contribution is 0.0671. The highest BCUT2D eigenvalue weighted by Gasteiger charge is 2.22. The van der Waals surface area contributed by atoms with Crippen LogP contribution in [0.2, 0.25) is 0 Å². The zero-order chi connectivity index (χ0) is 20.9. The molecule has 0 saturated heterocycles. The molecule has 0 bridgehead atoms. The topological polar surface area (TPSA) is 63.7 Å². The first-order chi connectivity index (χ1) is 13.1. The molecule has 2 rings (SSSR count). The summed E-state index contributed by atoms with van der Waals surface area (Å²) in [5, 5.41) is -0.665. The Bertz CT molecular complexity index is 928. The molecule has 0 fully saturated rings. The molecule has 0 aliphatic carbocycles. The second kappa shape index (κ2) is 9.19. The molecular weight excluding hydrogens is 381 g/mol. The molecule has 0 radical (unpaired) electrons. The second-order valence-corrected chi connectivity index (χ2v) is 9.07. The van der Waals surface area contributed by atoms with E-state index in [0.29, 0.717) is 0 Å². The third kappa shape index (κ3) is 5.55. The zero-order valence-corrected chi connectivity index (χ0v) is 17.4. The molecule has 1 atom stereocenters. The van der Waals surface area contributed by atoms with Crippen LogP contribution in [0.4, 0.5) is 4.39 Å². The van der Waals surface area contributed by atoms with E-state index in [2.05, 4.69) is 0 Å². The molecule has 0 aliphatic heterocycles. The molecule has 0 aromatic heterocycles. The van der Waals surface area contributed by atoms with Crippen molar-refractivity contribution >= 4 is 16.0 Å². The van der Waals surface area contributed by atoms with Gasteiger partial charge in [0.15, 0.2) is 0 Å². The molecule has 1 amide bonds. The van der Waals surface area contributed by atoms with E-state index >= 15 is 0 Å². The lowest BCUT2D eigenvalue weighted by Crippen LogP contribution is -2.37. The maximum absolute atomic E-state index is 13.5. The Morgan fingerprint density at radius 3 is 2.39 bits per heavy atom. The fourth-order valence-electron chi connectivity index (χ4n) is 2.56. The van der Waals surface area contributed by atoms with Crippen LogP contribution in [0.5, 0.6) is 5.75 Å². The quantitative estimate of drug-likeness (QED) is 0.609. The number of amides is 1. The van der Waals surface area contributed by atoms with E-state index in [1.165, 1.54) is 18.2 Å². The van der Waals surface area contributed by atoms with E-state index in [-0.39, 0.29) is 29.8 Å². The summed E-state index contributed by atoms with van der Waals surface area (Å²) in [7, 11) is -3.70. The van der Waals surface area contributed by atoms with Gasteiger partial charge in [-0.1, -0.05) is 25.1 Å². The largest absolute Gasteiger partial charge is 0.382 e. The van der Waals surface area contributed by atoms with Gasteiger partial charge in [0.05, 0.1) is 5.25 Å². The Morgan fingerprint density at radius 2 is 1.79 bits per heavy atom. The van der Waals surface area contributed by atoms with Crippen molar-refractivity contribution in [2.75, 3.05) is 0 Å². The van der Waals surface area contributed by atoms with Crippen LogP contribution in [0.1, 0.15) is 50.0 Å². The van der Waals surface area contributed by atoms with Crippen LogP contribution in [0, 0.1) is 5.82 Å². The van der Waals surface area contributed by atoms with E-state index in [0.717, 1.165) is 12.0 Å². The van der Waals surface area contributed by atoms with Gasteiger partial charge in [-0.05, 0) is 63.1 Å². The summed E-state index contributed by atoms with van der Waals surface area (Å²) in [5.74, 6) is -0.548. The first-order valence-corrected chi connectivity index (χ1v) is 10.7. The van der Waals surface area contributed by atoms with Crippen LogP contribution >= 0.6 is 0 Å². The first-order valence-electron chi connectivity index (χ1n) is 9.22. The van der Waals surface area contributed by atoms with E-state index < -0.39 is 21.2 Å². The number of nitrogens with zero attached hydrogens (tertiary/aromatic N) is 1. The Morgan fingerprint density at radius 1 is 1.11 bits per heavy atom. The smallest absolute Gasteiger partial charge is 0.311 e. The van der Waals surface area contributed by atoms with Crippen molar-refractivity contribution < 1.29 is 21.8 Å². The lowest BCUT2D eigenvalue weighted by Gasteiger charge is -2.29. The molecule has 0 saturated carbocycles. The first kappa shape index (κ1) is 21.9. The number of carbonyl (C=O) groups excluding carboxylic acids is 1. The molecule has 0 unspecified atom stereocenters. The summed E-state index contributed by atoms with van der Waals surface area (Å²) in [6.45, 7) is 7.22. The Kier molecular flexibility index (Phi) is 7.18. The molecule has 0 spiro atoms. The summed E-state index contributed by atoms with van der Waals surface area (Å²) >= 11 is 0. The summed E-state index contributed by atoms with van der Waals surface area (Å²) < 4.78 is 42.7. The molecule has 0 heterocycles. The minimum Gasteiger partial charge on any atom is -0.382 e. The number of halogens is 1. The maximum atomic E-state index is 13.5. The lowest BCUT2D eigenvalue weighted by atomic mass is 10.1. The highest BCUT2D eigenvalue weighted by atomic mass is 32.2. The average molecular weight is 408 g/mol. The van der Waals surface area contributed by atoms with Gasteiger partial charge in [-0.15, -0.1) is 0 Å². The van der Waals surface area contributed by atoms with Gasteiger partial charge in [-0.25, -0.2) is 4.39 Å². The third-order valence-electron chi connectivity index (χ3n) is 4.50. The highest BCUT2D eigenvalue weighted by molar-refractivity contribution is 7.87. The predicted molar refractivity (Wildman–Crippen MR) is 107 cm³/mol. The minimum absolute atomic E-state index is 0.0836. The fourth-order valence-corrected chi connectivity index (χ4v) is 3.12. The second-order valence-electron chi connectivity index (χ2n) is 6.97. The van der Waals surface area contributed by atoms with Crippen LogP contribution in [-0.4, -0.2) is 30.5 Å². The fraction of sp³-hybridized carbons (Fsp3) is 0.381. The van der Waals surface area contributed by atoms with Crippen LogP contribution < -0.4 is 4.18 Å². The standard InChI is InChI=1S/C21H26FNO4S/c1-5-16(4)23(21(24)18-9-7-10-19(22)13-18)14-17-8-6-11-20(12-17)27-28(25,26)15(2)3/h6-13,15-16H,5,14H2,1-4H3/t16-/m1/s1. The summed E-state index contributed by atoms with van der Waals surface area (Å²) in [4.78, 5) is 14.6. The van der Waals surface area contributed by atoms with Gasteiger partial charge in [0.25, 0.3) is 5.91 Å². The number of benzene rings is 2. The van der Waals surface area contributed by atoms with E-state index in [1.54, 1.807) is 49.1 Å². The maximum Gasteiger partial charge on any atom is 0.311 e. The van der Waals surface area contributed by atoms with Crippen molar-refractivity contribution in [1.82, 2.24) is 4.90 Å². The van der Waals surface area contributed by atoms with Crippen molar-refractivity contribution in [1.29, 1.82) is 0 Å². The zero-order valence-electron chi connectivity index (χ0n) is 16.6. The molecule has 5 nitrogen and oxygen atoms in total. The van der Waals surface area contributed by atoms with Crippen molar-refractivity contribution in [3.8, 4) is 5.75 Å². The molecule has 28 heavy (non-hydrogen) atoms. The van der Waals surface area contributed by atoms with Gasteiger partial charge in [-0.2, -0.15) is 8.42 Å². The summed E-state index contributed by atoms with van der Waals surface area (Å²) in [5.41, 5.74) is 0.997. The van der Waals surface area contributed by atoms with Gasteiger partial charge in [-0.3, -0.25) is 4.79 Å². The number of hydrogen-bond donors (Lipinski definition) is 0. The molecular formula is C21H26FNO4S. The Balaban J connectivity index is 2.28. The number of rotatable bonds is 8. The van der Waals surface area contributed by atoms with E-state index in [9.17, 15) is 17.6 Å². The normalized spacial score (nSPS) is 12.6. The highest BCUT2D eigenvalue weighted by Crippen LogP contribution is 2.21. The van der Waals surface area contributed by atoms with Gasteiger partial charge < -0.3 is 9.08 Å². The SMILES string of the molecule is CC[C@@H](C)N(Cc1cccc(OS(=O)(=O)C(C)C)c1)C(=O)c1cccc(F)c1. The molecule has 0 aliphatic rings. The Hall–Kier alpha value is -2.41. The molecule has 2 aromatic carbocycles. The van der Waals surface area contributed by atoms with E-state index in [1.807, 2.05) is 13.8 Å². The van der Waals surface area contributed by atoms with Crippen LogP contribution in [0.3, 0.4) is 0 Å². The summed E-state index contributed by atoms with van der Waals surface area (Å²) in [6, 6.07) is 12.1. The Labute approximate surface area is 166 Å². The molecule has 152 valence electrons.